The number of fused-ring (bicyclic) bond motifs is 1. The first-order valence-corrected chi connectivity index (χ1v) is 13.0. The zero-order valence-corrected chi connectivity index (χ0v) is 20.5. The predicted molar refractivity (Wildman–Crippen MR) is 125 cm³/mol. The Hall–Kier alpha value is -1.81. The van der Waals surface area contributed by atoms with Crippen LogP contribution in [0.5, 0.6) is 0 Å². The second kappa shape index (κ2) is 10.9. The van der Waals surface area contributed by atoms with Gasteiger partial charge >= 0.3 is 6.18 Å². The van der Waals surface area contributed by atoms with Crippen LogP contribution in [0.3, 0.4) is 0 Å². The molecule has 0 unspecified atom stereocenters. The van der Waals surface area contributed by atoms with Crippen LogP contribution in [0.2, 0.25) is 0 Å². The summed E-state index contributed by atoms with van der Waals surface area (Å²) in [4.78, 5) is 13.4. The monoisotopic (exact) mass is 492 g/mol. The van der Waals surface area contributed by atoms with Crippen LogP contribution in [-0.4, -0.2) is 50.8 Å². The number of benzene rings is 1. The molecule has 0 aliphatic rings. The lowest BCUT2D eigenvalue weighted by atomic mass is 10.2. The molecule has 2 rings (SSSR count). The van der Waals surface area contributed by atoms with E-state index in [1.807, 2.05) is 45.0 Å². The van der Waals surface area contributed by atoms with Crippen LogP contribution in [0.15, 0.2) is 24.3 Å². The topological polar surface area (TPSA) is 57.7 Å². The fraction of sp³-hybridized carbons (Fsp3) is 0.591. The maximum Gasteiger partial charge on any atom is 0.389 e. The van der Waals surface area contributed by atoms with E-state index >= 15 is 0 Å². The first kappa shape index (κ1) is 26.4. The molecule has 0 saturated carbocycles. The van der Waals surface area contributed by atoms with Crippen LogP contribution in [-0.2, 0) is 14.8 Å². The number of rotatable bonds is 11. The summed E-state index contributed by atoms with van der Waals surface area (Å²) >= 11 is 1.32. The molecule has 0 fully saturated rings. The lowest BCUT2D eigenvalue weighted by Crippen LogP contribution is -2.41. The summed E-state index contributed by atoms with van der Waals surface area (Å²) in [7, 11) is -3.86. The van der Waals surface area contributed by atoms with Crippen LogP contribution in [0, 0.1) is 12.8 Å². The van der Waals surface area contributed by atoms with Crippen molar-refractivity contribution < 1.29 is 26.4 Å². The number of hydrogen-bond donors (Lipinski definition) is 0. The number of anilines is 1. The van der Waals surface area contributed by atoms with Gasteiger partial charge in [0, 0.05) is 37.7 Å². The third kappa shape index (κ3) is 7.37. The number of amides is 1. The standard InChI is InChI=1S/C22H31F3N2O3S2/c1-16(2)15-26(18(4)28)13-14-32(29,30)27(12-8-7-11-22(23,24)25)21-17(3)19-9-5-6-10-20(19)31-21/h5-6,9-10,16H,7-8,11-15H2,1-4H3. The Morgan fingerprint density at radius 1 is 1.12 bits per heavy atom. The van der Waals surface area contributed by atoms with Crippen LogP contribution >= 0.6 is 11.3 Å². The number of unbranched alkanes of at least 4 members (excludes halogenated alkanes) is 1. The molecule has 0 radical (unpaired) electrons. The van der Waals surface area contributed by atoms with E-state index in [2.05, 4.69) is 0 Å². The summed E-state index contributed by atoms with van der Waals surface area (Å²) in [5.41, 5.74) is 0.788. The predicted octanol–water partition coefficient (Wildman–Crippen LogP) is 5.58. The molecule has 10 heteroatoms. The smallest absolute Gasteiger partial charge is 0.342 e. The van der Waals surface area contributed by atoms with E-state index in [1.165, 1.54) is 27.5 Å². The number of sulfonamides is 1. The van der Waals surface area contributed by atoms with Crippen molar-refractivity contribution in [1.29, 1.82) is 0 Å². The number of nitrogens with zero attached hydrogens (tertiary/aromatic N) is 2. The molecule has 1 aromatic carbocycles. The molecule has 1 heterocycles. The van der Waals surface area contributed by atoms with Crippen molar-refractivity contribution in [3.8, 4) is 0 Å². The van der Waals surface area contributed by atoms with E-state index in [4.69, 9.17) is 0 Å². The Morgan fingerprint density at radius 2 is 1.78 bits per heavy atom. The summed E-state index contributed by atoms with van der Waals surface area (Å²) in [6, 6.07) is 7.52. The molecule has 0 N–H and O–H groups in total. The highest BCUT2D eigenvalue weighted by Gasteiger charge is 2.29. The van der Waals surface area contributed by atoms with Gasteiger partial charge in [0.1, 0.15) is 5.00 Å². The molecular weight excluding hydrogens is 461 g/mol. The Bertz CT molecular complexity index is 1020. The number of carbonyl (C=O) groups is 1. The molecule has 1 amide bonds. The van der Waals surface area contributed by atoms with Gasteiger partial charge in [0.2, 0.25) is 15.9 Å². The first-order chi connectivity index (χ1) is 14.8. The van der Waals surface area contributed by atoms with Gasteiger partial charge in [-0.2, -0.15) is 13.2 Å². The molecule has 2 aromatic rings. The number of hydrogen-bond acceptors (Lipinski definition) is 4. The van der Waals surface area contributed by atoms with Gasteiger partial charge in [-0.15, -0.1) is 11.3 Å². The van der Waals surface area contributed by atoms with Crippen LogP contribution < -0.4 is 4.31 Å². The third-order valence-electron chi connectivity index (χ3n) is 5.10. The molecule has 0 aliphatic carbocycles. The van der Waals surface area contributed by atoms with E-state index in [-0.39, 0.29) is 43.5 Å². The summed E-state index contributed by atoms with van der Waals surface area (Å²) in [5, 5.41) is 1.45. The van der Waals surface area contributed by atoms with Crippen molar-refractivity contribution >= 4 is 42.4 Å². The number of aryl methyl sites for hydroxylation is 1. The summed E-state index contributed by atoms with van der Waals surface area (Å²) in [6.07, 6.45) is -5.27. The lowest BCUT2D eigenvalue weighted by Gasteiger charge is -2.27. The fourth-order valence-corrected chi connectivity index (χ4v) is 6.56. The van der Waals surface area contributed by atoms with Gasteiger partial charge in [-0.1, -0.05) is 32.0 Å². The molecule has 1 aromatic heterocycles. The van der Waals surface area contributed by atoms with Gasteiger partial charge < -0.3 is 4.90 Å². The average molecular weight is 493 g/mol. The fourth-order valence-electron chi connectivity index (χ4n) is 3.50. The molecule has 0 bridgehead atoms. The van der Waals surface area contributed by atoms with Crippen LogP contribution in [0.25, 0.3) is 10.1 Å². The minimum Gasteiger partial charge on any atom is -0.342 e. The highest BCUT2D eigenvalue weighted by Crippen LogP contribution is 2.39. The van der Waals surface area contributed by atoms with E-state index in [0.717, 1.165) is 15.6 Å². The van der Waals surface area contributed by atoms with Gasteiger partial charge in [0.25, 0.3) is 0 Å². The van der Waals surface area contributed by atoms with E-state index in [1.54, 1.807) is 0 Å². The van der Waals surface area contributed by atoms with Crippen molar-refractivity contribution in [2.24, 2.45) is 5.92 Å². The minimum atomic E-state index is -4.27. The molecule has 0 atom stereocenters. The van der Waals surface area contributed by atoms with Crippen molar-refractivity contribution in [1.82, 2.24) is 4.90 Å². The Balaban J connectivity index is 2.29. The van der Waals surface area contributed by atoms with Gasteiger partial charge in [-0.05, 0) is 42.7 Å². The highest BCUT2D eigenvalue weighted by molar-refractivity contribution is 7.93. The van der Waals surface area contributed by atoms with Gasteiger partial charge in [-0.3, -0.25) is 9.10 Å². The van der Waals surface area contributed by atoms with E-state index in [0.29, 0.717) is 11.5 Å². The zero-order valence-electron chi connectivity index (χ0n) is 18.9. The Labute approximate surface area is 192 Å². The third-order valence-corrected chi connectivity index (χ3v) is 8.25. The Morgan fingerprint density at radius 3 is 2.34 bits per heavy atom. The number of halogens is 3. The molecule has 0 aliphatic heterocycles. The maximum absolute atomic E-state index is 13.3. The highest BCUT2D eigenvalue weighted by atomic mass is 32.2. The summed E-state index contributed by atoms with van der Waals surface area (Å²) in [5.74, 6) is -0.305. The second-order valence-electron chi connectivity index (χ2n) is 8.35. The number of thiophene rings is 1. The molecule has 5 nitrogen and oxygen atoms in total. The summed E-state index contributed by atoms with van der Waals surface area (Å²) in [6.45, 7) is 7.57. The molecular formula is C22H31F3N2O3S2. The van der Waals surface area contributed by atoms with Crippen LogP contribution in [0.1, 0.15) is 45.6 Å². The average Bonchev–Trinajstić information content (AvgIpc) is 3.00. The van der Waals surface area contributed by atoms with Gasteiger partial charge in [-0.25, -0.2) is 8.42 Å². The molecule has 32 heavy (non-hydrogen) atoms. The Kier molecular flexibility index (Phi) is 8.98. The van der Waals surface area contributed by atoms with E-state index < -0.39 is 22.6 Å². The van der Waals surface area contributed by atoms with Gasteiger partial charge in [0.15, 0.2) is 0 Å². The zero-order chi connectivity index (χ0) is 24.1. The quantitative estimate of drug-likeness (QED) is 0.385. The lowest BCUT2D eigenvalue weighted by molar-refractivity contribution is -0.135. The van der Waals surface area contributed by atoms with Crippen LogP contribution in [0.4, 0.5) is 18.2 Å². The normalized spacial score (nSPS) is 12.5. The molecule has 0 spiro atoms. The molecule has 0 saturated heterocycles. The van der Waals surface area contributed by atoms with Crippen molar-refractivity contribution in [3.05, 3.63) is 29.8 Å². The van der Waals surface area contributed by atoms with Crippen molar-refractivity contribution in [3.63, 3.8) is 0 Å². The van der Waals surface area contributed by atoms with Crippen molar-refractivity contribution in [2.75, 3.05) is 29.7 Å². The number of alkyl halides is 3. The largest absolute Gasteiger partial charge is 0.389 e. The summed E-state index contributed by atoms with van der Waals surface area (Å²) < 4.78 is 66.5. The molecule has 180 valence electrons. The minimum absolute atomic E-state index is 0.0314. The first-order valence-electron chi connectivity index (χ1n) is 10.6. The maximum atomic E-state index is 13.3. The van der Waals surface area contributed by atoms with Crippen molar-refractivity contribution in [2.45, 2.75) is 53.1 Å². The van der Waals surface area contributed by atoms with E-state index in [9.17, 15) is 26.4 Å². The SMILES string of the molecule is CC(=O)N(CCS(=O)(=O)N(CCCCC(F)(F)F)c1sc2ccccc2c1C)CC(C)C. The number of carbonyl (C=O) groups excluding carboxylic acids is 1. The van der Waals surface area contributed by atoms with Gasteiger partial charge in [0.05, 0.1) is 5.75 Å². The second-order valence-corrected chi connectivity index (χ2v) is 11.4.